The Hall–Kier alpha value is -1.68. The number of benzene rings is 1. The van der Waals surface area contributed by atoms with Crippen LogP contribution in [0.15, 0.2) is 24.4 Å². The van der Waals surface area contributed by atoms with Crippen LogP contribution in [0.25, 0.3) is 11.4 Å². The van der Waals surface area contributed by atoms with Crippen molar-refractivity contribution in [2.45, 2.75) is 13.3 Å². The summed E-state index contributed by atoms with van der Waals surface area (Å²) in [6, 6.07) is 5.08. The van der Waals surface area contributed by atoms with Crippen LogP contribution in [0.1, 0.15) is 11.3 Å². The molecule has 0 aliphatic heterocycles. The third-order valence-electron chi connectivity index (χ3n) is 2.49. The second kappa shape index (κ2) is 4.45. The average Bonchev–Trinajstić information content (AvgIpc) is 2.71. The summed E-state index contributed by atoms with van der Waals surface area (Å²) in [6.45, 7) is 2.31. The maximum absolute atomic E-state index is 13.4. The van der Waals surface area contributed by atoms with Crippen molar-refractivity contribution in [1.82, 2.24) is 9.97 Å². The molecule has 0 fully saturated rings. The number of H-pyrrole nitrogens is 1. The van der Waals surface area contributed by atoms with E-state index in [0.29, 0.717) is 17.9 Å². The first-order chi connectivity index (χ1) is 7.70. The number of aromatic amines is 1. The van der Waals surface area contributed by atoms with Crippen molar-refractivity contribution in [3.8, 4) is 11.4 Å². The van der Waals surface area contributed by atoms with E-state index in [9.17, 15) is 4.39 Å². The number of nitrogens with one attached hydrogen (secondary N) is 1. The molecule has 0 saturated carbocycles. The monoisotopic (exact) mass is 219 g/mol. The molecule has 0 aliphatic rings. The Bertz CT molecular complexity index is 491. The molecule has 4 heteroatoms. The first kappa shape index (κ1) is 10.8. The fourth-order valence-corrected chi connectivity index (χ4v) is 1.53. The van der Waals surface area contributed by atoms with E-state index in [4.69, 9.17) is 5.73 Å². The lowest BCUT2D eigenvalue weighted by atomic mass is 10.1. The predicted molar refractivity (Wildman–Crippen MR) is 61.5 cm³/mol. The summed E-state index contributed by atoms with van der Waals surface area (Å²) in [7, 11) is 0. The summed E-state index contributed by atoms with van der Waals surface area (Å²) < 4.78 is 13.4. The molecule has 0 bridgehead atoms. The van der Waals surface area contributed by atoms with Gasteiger partial charge in [-0.05, 0) is 25.1 Å². The van der Waals surface area contributed by atoms with Crippen LogP contribution in [0.3, 0.4) is 0 Å². The summed E-state index contributed by atoms with van der Waals surface area (Å²) in [4.78, 5) is 7.32. The zero-order chi connectivity index (χ0) is 11.5. The van der Waals surface area contributed by atoms with Crippen LogP contribution in [0.4, 0.5) is 4.39 Å². The van der Waals surface area contributed by atoms with Crippen molar-refractivity contribution >= 4 is 0 Å². The molecule has 1 heterocycles. The minimum atomic E-state index is -0.214. The van der Waals surface area contributed by atoms with E-state index in [1.165, 1.54) is 6.07 Å². The number of hydrogen-bond acceptors (Lipinski definition) is 2. The molecule has 16 heavy (non-hydrogen) atoms. The normalized spacial score (nSPS) is 10.7. The van der Waals surface area contributed by atoms with Gasteiger partial charge in [0, 0.05) is 23.9 Å². The van der Waals surface area contributed by atoms with E-state index in [0.717, 1.165) is 17.7 Å². The van der Waals surface area contributed by atoms with Gasteiger partial charge >= 0.3 is 0 Å². The number of halogens is 1. The molecule has 1 aromatic carbocycles. The van der Waals surface area contributed by atoms with Gasteiger partial charge in [0.1, 0.15) is 11.6 Å². The molecule has 3 nitrogen and oxygen atoms in total. The molecule has 0 amide bonds. The van der Waals surface area contributed by atoms with Crippen molar-refractivity contribution in [2.24, 2.45) is 5.73 Å². The first-order valence-electron chi connectivity index (χ1n) is 5.21. The quantitative estimate of drug-likeness (QED) is 0.829. The van der Waals surface area contributed by atoms with Crippen LogP contribution >= 0.6 is 0 Å². The minimum Gasteiger partial charge on any atom is -0.342 e. The Labute approximate surface area is 93.5 Å². The first-order valence-corrected chi connectivity index (χ1v) is 5.21. The Balaban J connectivity index is 2.31. The highest BCUT2D eigenvalue weighted by Gasteiger charge is 2.05. The molecule has 0 unspecified atom stereocenters. The van der Waals surface area contributed by atoms with E-state index in [2.05, 4.69) is 9.97 Å². The zero-order valence-electron chi connectivity index (χ0n) is 9.13. The van der Waals surface area contributed by atoms with Crippen LogP contribution in [0.2, 0.25) is 0 Å². The van der Waals surface area contributed by atoms with E-state index >= 15 is 0 Å². The summed E-state index contributed by atoms with van der Waals surface area (Å²) in [5.41, 5.74) is 7.81. The van der Waals surface area contributed by atoms with Gasteiger partial charge in [0.25, 0.3) is 0 Å². The van der Waals surface area contributed by atoms with Gasteiger partial charge in [-0.15, -0.1) is 0 Å². The maximum atomic E-state index is 13.4. The topological polar surface area (TPSA) is 54.7 Å². The Morgan fingerprint density at radius 1 is 1.44 bits per heavy atom. The summed E-state index contributed by atoms with van der Waals surface area (Å²) >= 11 is 0. The fraction of sp³-hybridized carbons (Fsp3) is 0.250. The molecule has 0 atom stereocenters. The molecule has 0 radical (unpaired) electrons. The van der Waals surface area contributed by atoms with Gasteiger partial charge < -0.3 is 10.7 Å². The maximum Gasteiger partial charge on any atom is 0.137 e. The van der Waals surface area contributed by atoms with Crippen LogP contribution < -0.4 is 5.73 Å². The third kappa shape index (κ3) is 2.12. The molecular formula is C12H14FN3. The number of nitrogens with two attached hydrogens (primary N) is 1. The molecule has 84 valence electrons. The highest BCUT2D eigenvalue weighted by atomic mass is 19.1. The highest BCUT2D eigenvalue weighted by molar-refractivity contribution is 5.55. The van der Waals surface area contributed by atoms with Gasteiger partial charge in [-0.2, -0.15) is 0 Å². The van der Waals surface area contributed by atoms with Crippen LogP contribution in [-0.2, 0) is 6.42 Å². The van der Waals surface area contributed by atoms with Crippen LogP contribution in [-0.4, -0.2) is 16.5 Å². The Morgan fingerprint density at radius 2 is 2.25 bits per heavy atom. The second-order valence-corrected chi connectivity index (χ2v) is 3.76. The lowest BCUT2D eigenvalue weighted by molar-refractivity contribution is 0.619. The largest absolute Gasteiger partial charge is 0.342 e. The van der Waals surface area contributed by atoms with Crippen molar-refractivity contribution in [3.05, 3.63) is 41.5 Å². The smallest absolute Gasteiger partial charge is 0.137 e. The molecular weight excluding hydrogens is 205 g/mol. The second-order valence-electron chi connectivity index (χ2n) is 3.76. The lowest BCUT2D eigenvalue weighted by Gasteiger charge is -2.00. The number of aryl methyl sites for hydroxylation is 1. The fourth-order valence-electron chi connectivity index (χ4n) is 1.53. The van der Waals surface area contributed by atoms with Crippen LogP contribution in [0, 0.1) is 12.7 Å². The number of nitrogens with zero attached hydrogens (tertiary/aromatic N) is 1. The average molecular weight is 219 g/mol. The van der Waals surface area contributed by atoms with E-state index in [1.54, 1.807) is 19.2 Å². The van der Waals surface area contributed by atoms with Gasteiger partial charge in [0.05, 0.1) is 0 Å². The van der Waals surface area contributed by atoms with Gasteiger partial charge in [-0.1, -0.05) is 12.1 Å². The molecule has 3 N–H and O–H groups in total. The van der Waals surface area contributed by atoms with Crippen molar-refractivity contribution < 1.29 is 4.39 Å². The molecule has 0 spiro atoms. The van der Waals surface area contributed by atoms with Crippen molar-refractivity contribution in [1.29, 1.82) is 0 Å². The molecule has 0 saturated heterocycles. The van der Waals surface area contributed by atoms with Crippen molar-refractivity contribution in [3.63, 3.8) is 0 Å². The lowest BCUT2D eigenvalue weighted by Crippen LogP contribution is -2.02. The molecule has 2 rings (SSSR count). The number of imidazole rings is 1. The van der Waals surface area contributed by atoms with Gasteiger partial charge in [-0.25, -0.2) is 9.37 Å². The Kier molecular flexibility index (Phi) is 3.01. The third-order valence-corrected chi connectivity index (χ3v) is 2.49. The molecule has 0 aliphatic carbocycles. The van der Waals surface area contributed by atoms with Gasteiger partial charge in [0.2, 0.25) is 0 Å². The van der Waals surface area contributed by atoms with Gasteiger partial charge in [0.15, 0.2) is 0 Å². The summed E-state index contributed by atoms with van der Waals surface area (Å²) in [5, 5.41) is 0. The molecule has 1 aromatic heterocycles. The SMILES string of the molecule is Cc1ccc(-c2ncc(CCN)[nH]2)cc1F. The van der Waals surface area contributed by atoms with Crippen molar-refractivity contribution in [2.75, 3.05) is 6.54 Å². The predicted octanol–water partition coefficient (Wildman–Crippen LogP) is 2.03. The summed E-state index contributed by atoms with van der Waals surface area (Å²) in [5.74, 6) is 0.469. The number of hydrogen-bond donors (Lipinski definition) is 2. The van der Waals surface area contributed by atoms with Gasteiger partial charge in [-0.3, -0.25) is 0 Å². The van der Waals surface area contributed by atoms with E-state index in [-0.39, 0.29) is 5.82 Å². The number of aromatic nitrogens is 2. The van der Waals surface area contributed by atoms with E-state index < -0.39 is 0 Å². The minimum absolute atomic E-state index is 0.214. The molecule has 2 aromatic rings. The number of rotatable bonds is 3. The van der Waals surface area contributed by atoms with Crippen LogP contribution in [0.5, 0.6) is 0 Å². The summed E-state index contributed by atoms with van der Waals surface area (Å²) in [6.07, 6.45) is 2.49. The standard InChI is InChI=1S/C12H14FN3/c1-8-2-3-9(6-11(8)13)12-15-7-10(16-12)4-5-14/h2-3,6-7H,4-5,14H2,1H3,(H,15,16). The zero-order valence-corrected chi connectivity index (χ0v) is 9.13. The highest BCUT2D eigenvalue weighted by Crippen LogP contribution is 2.18. The Morgan fingerprint density at radius 3 is 2.94 bits per heavy atom. The van der Waals surface area contributed by atoms with E-state index in [1.807, 2.05) is 6.07 Å².